The molecular weight excluding hydrogens is 430 g/mol. The number of aryl methyl sites for hydroxylation is 1. The van der Waals surface area contributed by atoms with Crippen LogP contribution < -0.4 is 5.32 Å². The molecule has 0 saturated heterocycles. The summed E-state index contributed by atoms with van der Waals surface area (Å²) in [4.78, 5) is 23.5. The summed E-state index contributed by atoms with van der Waals surface area (Å²) >= 11 is 0. The third kappa shape index (κ3) is 4.25. The van der Waals surface area contributed by atoms with Gasteiger partial charge in [0.2, 0.25) is 10.0 Å². The molecule has 1 aliphatic heterocycles. The zero-order valence-corrected chi connectivity index (χ0v) is 18.1. The monoisotopic (exact) mass is 451 g/mol. The van der Waals surface area contributed by atoms with Gasteiger partial charge in [0, 0.05) is 36.0 Å². The molecule has 0 atom stereocenters. The van der Waals surface area contributed by atoms with Crippen molar-refractivity contribution >= 4 is 27.3 Å². The Hall–Kier alpha value is -3.56. The molecule has 0 aliphatic carbocycles. The SMILES string of the molecule is Cc1ccc(C(=O)Nc2ccc3c(c2)CN(S(=O)(=O)c2ccccc2)CC3)cc1[N+](=O)[O-]. The fourth-order valence-electron chi connectivity index (χ4n) is 3.71. The van der Waals surface area contributed by atoms with Crippen molar-refractivity contribution < 1.29 is 18.1 Å². The van der Waals surface area contributed by atoms with E-state index in [2.05, 4.69) is 5.32 Å². The molecule has 9 heteroatoms. The number of anilines is 1. The van der Waals surface area contributed by atoms with Crippen LogP contribution >= 0.6 is 0 Å². The van der Waals surface area contributed by atoms with Gasteiger partial charge in [0.15, 0.2) is 0 Å². The van der Waals surface area contributed by atoms with Gasteiger partial charge in [0.05, 0.1) is 9.82 Å². The number of rotatable bonds is 5. The molecule has 0 radical (unpaired) electrons. The summed E-state index contributed by atoms with van der Waals surface area (Å²) in [6.45, 7) is 2.19. The van der Waals surface area contributed by atoms with Crippen molar-refractivity contribution in [3.8, 4) is 0 Å². The van der Waals surface area contributed by atoms with Crippen LogP contribution in [0.3, 0.4) is 0 Å². The summed E-state index contributed by atoms with van der Waals surface area (Å²) in [5.74, 6) is -0.474. The Kier molecular flexibility index (Phi) is 5.77. The average Bonchev–Trinajstić information content (AvgIpc) is 2.79. The first-order chi connectivity index (χ1) is 15.3. The summed E-state index contributed by atoms with van der Waals surface area (Å²) < 4.78 is 27.4. The van der Waals surface area contributed by atoms with Gasteiger partial charge in [-0.15, -0.1) is 0 Å². The van der Waals surface area contributed by atoms with E-state index in [1.807, 2.05) is 6.07 Å². The first-order valence-corrected chi connectivity index (χ1v) is 11.4. The molecule has 164 valence electrons. The number of nitro groups is 1. The van der Waals surface area contributed by atoms with Crippen LogP contribution in [0.1, 0.15) is 27.0 Å². The van der Waals surface area contributed by atoms with Crippen LogP contribution in [0.25, 0.3) is 0 Å². The van der Waals surface area contributed by atoms with E-state index in [4.69, 9.17) is 0 Å². The highest BCUT2D eigenvalue weighted by Crippen LogP contribution is 2.27. The van der Waals surface area contributed by atoms with Crippen LogP contribution in [0.4, 0.5) is 11.4 Å². The molecule has 0 spiro atoms. The number of hydrogen-bond acceptors (Lipinski definition) is 5. The van der Waals surface area contributed by atoms with Gasteiger partial charge in [-0.2, -0.15) is 4.31 Å². The van der Waals surface area contributed by atoms with Crippen molar-refractivity contribution in [3.63, 3.8) is 0 Å². The Labute approximate surface area is 185 Å². The molecule has 4 rings (SSSR count). The summed E-state index contributed by atoms with van der Waals surface area (Å²) in [6.07, 6.45) is 0.569. The van der Waals surface area contributed by atoms with E-state index >= 15 is 0 Å². The van der Waals surface area contributed by atoms with Gasteiger partial charge >= 0.3 is 0 Å². The van der Waals surface area contributed by atoms with Gasteiger partial charge in [-0.25, -0.2) is 8.42 Å². The predicted molar refractivity (Wildman–Crippen MR) is 120 cm³/mol. The molecule has 0 fully saturated rings. The quantitative estimate of drug-likeness (QED) is 0.467. The predicted octanol–water partition coefficient (Wildman–Crippen LogP) is 3.90. The van der Waals surface area contributed by atoms with Crippen LogP contribution in [0.5, 0.6) is 0 Å². The van der Waals surface area contributed by atoms with Crippen molar-refractivity contribution in [3.05, 3.63) is 99.1 Å². The first kappa shape index (κ1) is 21.7. The van der Waals surface area contributed by atoms with Crippen LogP contribution in [0.2, 0.25) is 0 Å². The maximum atomic E-state index is 13.0. The van der Waals surface area contributed by atoms with Gasteiger partial charge in [-0.3, -0.25) is 14.9 Å². The topological polar surface area (TPSA) is 110 Å². The van der Waals surface area contributed by atoms with Gasteiger partial charge in [0.1, 0.15) is 0 Å². The van der Waals surface area contributed by atoms with Crippen LogP contribution in [0.15, 0.2) is 71.6 Å². The molecule has 3 aromatic rings. The zero-order chi connectivity index (χ0) is 22.9. The standard InChI is InChI=1S/C23H21N3O5S/c1-16-7-8-18(14-22(16)26(28)29)23(27)24-20-10-9-17-11-12-25(15-19(17)13-20)32(30,31)21-5-3-2-4-6-21/h2-10,13-14H,11-12,15H2,1H3,(H,24,27). The van der Waals surface area contributed by atoms with E-state index in [-0.39, 0.29) is 22.7 Å². The Balaban J connectivity index is 1.55. The normalized spacial score (nSPS) is 13.9. The molecule has 0 aromatic heterocycles. The number of sulfonamides is 1. The number of hydrogen-bond donors (Lipinski definition) is 1. The number of amides is 1. The van der Waals surface area contributed by atoms with E-state index < -0.39 is 20.9 Å². The number of nitro benzene ring substituents is 1. The number of nitrogens with zero attached hydrogens (tertiary/aromatic N) is 2. The highest BCUT2D eigenvalue weighted by atomic mass is 32.2. The maximum Gasteiger partial charge on any atom is 0.273 e. The second kappa shape index (κ2) is 8.52. The van der Waals surface area contributed by atoms with E-state index in [0.29, 0.717) is 24.2 Å². The fourth-order valence-corrected chi connectivity index (χ4v) is 5.15. The zero-order valence-electron chi connectivity index (χ0n) is 17.3. The second-order valence-electron chi connectivity index (χ2n) is 7.60. The molecule has 1 heterocycles. The highest BCUT2D eigenvalue weighted by Gasteiger charge is 2.28. The van der Waals surface area contributed by atoms with Crippen molar-refractivity contribution in [2.75, 3.05) is 11.9 Å². The third-order valence-corrected chi connectivity index (χ3v) is 7.35. The molecule has 1 aliphatic rings. The molecular formula is C23H21N3O5S. The largest absolute Gasteiger partial charge is 0.322 e. The Morgan fingerprint density at radius 2 is 1.78 bits per heavy atom. The van der Waals surface area contributed by atoms with Crippen LogP contribution in [-0.2, 0) is 23.0 Å². The molecule has 0 unspecified atom stereocenters. The first-order valence-electron chi connectivity index (χ1n) is 9.99. The lowest BCUT2D eigenvalue weighted by atomic mass is 10.0. The van der Waals surface area contributed by atoms with Gasteiger partial charge < -0.3 is 5.32 Å². The van der Waals surface area contributed by atoms with E-state index in [0.717, 1.165) is 11.1 Å². The lowest BCUT2D eigenvalue weighted by Gasteiger charge is -2.28. The van der Waals surface area contributed by atoms with Crippen molar-refractivity contribution in [1.29, 1.82) is 0 Å². The highest BCUT2D eigenvalue weighted by molar-refractivity contribution is 7.89. The second-order valence-corrected chi connectivity index (χ2v) is 9.54. The summed E-state index contributed by atoms with van der Waals surface area (Å²) in [7, 11) is -3.62. The molecule has 0 saturated carbocycles. The Morgan fingerprint density at radius 3 is 2.50 bits per heavy atom. The molecule has 1 N–H and O–H groups in total. The average molecular weight is 452 g/mol. The van der Waals surface area contributed by atoms with Crippen molar-refractivity contribution in [2.45, 2.75) is 24.8 Å². The Morgan fingerprint density at radius 1 is 1.03 bits per heavy atom. The number of carbonyl (C=O) groups is 1. The van der Waals surface area contributed by atoms with E-state index in [1.54, 1.807) is 49.4 Å². The summed E-state index contributed by atoms with van der Waals surface area (Å²) in [5.41, 5.74) is 2.85. The molecule has 8 nitrogen and oxygen atoms in total. The lowest BCUT2D eigenvalue weighted by molar-refractivity contribution is -0.385. The Bertz CT molecular complexity index is 1310. The summed E-state index contributed by atoms with van der Waals surface area (Å²) in [5, 5.41) is 13.9. The fraction of sp³-hybridized carbons (Fsp3) is 0.174. The minimum absolute atomic E-state index is 0.121. The van der Waals surface area contributed by atoms with Crippen LogP contribution in [-0.4, -0.2) is 30.1 Å². The minimum atomic E-state index is -3.62. The van der Waals surface area contributed by atoms with Crippen molar-refractivity contribution in [2.24, 2.45) is 0 Å². The number of fused-ring (bicyclic) bond motifs is 1. The minimum Gasteiger partial charge on any atom is -0.322 e. The number of nitrogens with one attached hydrogen (secondary N) is 1. The van der Waals surface area contributed by atoms with Gasteiger partial charge in [0.25, 0.3) is 11.6 Å². The van der Waals surface area contributed by atoms with Gasteiger partial charge in [-0.05, 0) is 54.8 Å². The molecule has 0 bridgehead atoms. The molecule has 1 amide bonds. The summed E-state index contributed by atoms with van der Waals surface area (Å²) in [6, 6.07) is 18.0. The molecule has 3 aromatic carbocycles. The van der Waals surface area contributed by atoms with E-state index in [9.17, 15) is 23.3 Å². The lowest BCUT2D eigenvalue weighted by Crippen LogP contribution is -2.36. The third-order valence-electron chi connectivity index (χ3n) is 5.49. The smallest absolute Gasteiger partial charge is 0.273 e. The number of carbonyl (C=O) groups excluding carboxylic acids is 1. The molecule has 32 heavy (non-hydrogen) atoms. The van der Waals surface area contributed by atoms with Crippen molar-refractivity contribution in [1.82, 2.24) is 4.31 Å². The van der Waals surface area contributed by atoms with E-state index in [1.165, 1.54) is 22.5 Å². The maximum absolute atomic E-state index is 13.0. The number of benzene rings is 3. The van der Waals surface area contributed by atoms with Crippen LogP contribution in [0, 0.1) is 17.0 Å². The van der Waals surface area contributed by atoms with Gasteiger partial charge in [-0.1, -0.05) is 30.3 Å².